The van der Waals surface area contributed by atoms with E-state index >= 15 is 0 Å². The number of aromatic nitrogens is 2. The van der Waals surface area contributed by atoms with E-state index in [-0.39, 0.29) is 5.91 Å². The highest BCUT2D eigenvalue weighted by Gasteiger charge is 2.14. The van der Waals surface area contributed by atoms with Crippen molar-refractivity contribution >= 4 is 55.1 Å². The number of nitrogens with one attached hydrogen (secondary N) is 1. The van der Waals surface area contributed by atoms with Crippen LogP contribution in [0, 0.1) is 0 Å². The summed E-state index contributed by atoms with van der Waals surface area (Å²) in [6.07, 6.45) is 3.50. The van der Waals surface area contributed by atoms with E-state index in [1.54, 1.807) is 29.1 Å². The average molecular weight is 456 g/mol. The van der Waals surface area contributed by atoms with Crippen molar-refractivity contribution in [2.45, 2.75) is 0 Å². The number of benzene rings is 2. The standard InChI is InChI=1S/C16H10Br2ClN3O/c17-10-5-6-13(19)12(7-10)16(23)21-14-3-1-2-4-15(14)22-9-11(18)8-20-22/h1-9H,(H,21,23). The lowest BCUT2D eigenvalue weighted by Gasteiger charge is -2.12. The monoisotopic (exact) mass is 453 g/mol. The molecule has 1 amide bonds. The minimum Gasteiger partial charge on any atom is -0.320 e. The molecule has 1 N–H and O–H groups in total. The topological polar surface area (TPSA) is 46.9 Å². The van der Waals surface area contributed by atoms with E-state index in [0.29, 0.717) is 16.3 Å². The van der Waals surface area contributed by atoms with Gasteiger partial charge < -0.3 is 5.32 Å². The maximum atomic E-state index is 12.5. The van der Waals surface area contributed by atoms with Gasteiger partial charge in [0, 0.05) is 10.7 Å². The first kappa shape index (κ1) is 16.2. The molecule has 0 aliphatic heterocycles. The molecule has 3 rings (SSSR count). The SMILES string of the molecule is O=C(Nc1ccccc1-n1cc(Br)cn1)c1cc(Br)ccc1Cl. The van der Waals surface area contributed by atoms with Gasteiger partial charge in [-0.2, -0.15) is 5.10 Å². The van der Waals surface area contributed by atoms with E-state index in [4.69, 9.17) is 11.6 Å². The Morgan fingerprint density at radius 3 is 2.65 bits per heavy atom. The van der Waals surface area contributed by atoms with Gasteiger partial charge in [-0.25, -0.2) is 4.68 Å². The summed E-state index contributed by atoms with van der Waals surface area (Å²) in [5, 5.41) is 7.52. The number of anilines is 1. The van der Waals surface area contributed by atoms with Crippen molar-refractivity contribution in [3.63, 3.8) is 0 Å². The molecule has 0 aliphatic carbocycles. The van der Waals surface area contributed by atoms with E-state index < -0.39 is 0 Å². The molecule has 0 fully saturated rings. The van der Waals surface area contributed by atoms with Crippen LogP contribution in [0.25, 0.3) is 5.69 Å². The third-order valence-electron chi connectivity index (χ3n) is 3.12. The molecular formula is C16H10Br2ClN3O. The maximum Gasteiger partial charge on any atom is 0.257 e. The molecule has 4 nitrogen and oxygen atoms in total. The number of rotatable bonds is 3. The molecule has 0 spiro atoms. The van der Waals surface area contributed by atoms with Gasteiger partial charge in [0.2, 0.25) is 0 Å². The molecule has 0 bridgehead atoms. The van der Waals surface area contributed by atoms with Crippen LogP contribution >= 0.6 is 43.5 Å². The summed E-state index contributed by atoms with van der Waals surface area (Å²) < 4.78 is 3.33. The molecule has 0 saturated heterocycles. The molecule has 7 heteroatoms. The van der Waals surface area contributed by atoms with E-state index in [9.17, 15) is 4.79 Å². The van der Waals surface area contributed by atoms with Crippen LogP contribution in [0.2, 0.25) is 5.02 Å². The number of carbonyl (C=O) groups is 1. The zero-order valence-electron chi connectivity index (χ0n) is 11.6. The lowest BCUT2D eigenvalue weighted by Crippen LogP contribution is -2.14. The lowest BCUT2D eigenvalue weighted by atomic mass is 10.2. The van der Waals surface area contributed by atoms with Crippen LogP contribution in [0.4, 0.5) is 5.69 Å². The predicted octanol–water partition coefficient (Wildman–Crippen LogP) is 5.30. The van der Waals surface area contributed by atoms with Gasteiger partial charge in [-0.15, -0.1) is 0 Å². The van der Waals surface area contributed by atoms with Crippen molar-refractivity contribution in [3.05, 3.63) is 74.4 Å². The summed E-state index contributed by atoms with van der Waals surface area (Å²) >= 11 is 12.8. The van der Waals surface area contributed by atoms with Crippen LogP contribution in [-0.2, 0) is 0 Å². The zero-order valence-corrected chi connectivity index (χ0v) is 15.6. The quantitative estimate of drug-likeness (QED) is 0.582. The minimum atomic E-state index is -0.282. The van der Waals surface area contributed by atoms with E-state index in [1.165, 1.54) is 0 Å². The molecule has 0 atom stereocenters. The third-order valence-corrected chi connectivity index (χ3v) is 4.36. The van der Waals surface area contributed by atoms with Gasteiger partial charge in [-0.05, 0) is 46.3 Å². The number of hydrogen-bond donors (Lipinski definition) is 1. The van der Waals surface area contributed by atoms with Crippen LogP contribution in [-0.4, -0.2) is 15.7 Å². The van der Waals surface area contributed by atoms with Crippen LogP contribution in [0.3, 0.4) is 0 Å². The van der Waals surface area contributed by atoms with Crippen LogP contribution in [0.15, 0.2) is 63.8 Å². The smallest absolute Gasteiger partial charge is 0.257 e. The van der Waals surface area contributed by atoms with E-state index in [0.717, 1.165) is 14.6 Å². The number of nitrogens with zero attached hydrogens (tertiary/aromatic N) is 2. The van der Waals surface area contributed by atoms with Crippen LogP contribution in [0.1, 0.15) is 10.4 Å². The van der Waals surface area contributed by atoms with Gasteiger partial charge in [0.15, 0.2) is 0 Å². The Kier molecular flexibility index (Phi) is 4.84. The first-order valence-corrected chi connectivity index (χ1v) is 8.57. The molecule has 0 saturated carbocycles. The van der Waals surface area contributed by atoms with Crippen LogP contribution < -0.4 is 5.32 Å². The van der Waals surface area contributed by atoms with Crippen molar-refractivity contribution in [2.24, 2.45) is 0 Å². The van der Waals surface area contributed by atoms with E-state index in [1.807, 2.05) is 30.5 Å². The molecule has 2 aromatic carbocycles. The molecule has 0 radical (unpaired) electrons. The summed E-state index contributed by atoms with van der Waals surface area (Å²) in [7, 11) is 0. The molecule has 23 heavy (non-hydrogen) atoms. The Hall–Kier alpha value is -1.63. The van der Waals surface area contributed by atoms with Crippen molar-refractivity contribution in [1.82, 2.24) is 9.78 Å². The van der Waals surface area contributed by atoms with Gasteiger partial charge >= 0.3 is 0 Å². The van der Waals surface area contributed by atoms with Gasteiger partial charge in [-0.3, -0.25) is 4.79 Å². The fraction of sp³-hybridized carbons (Fsp3) is 0. The number of carbonyl (C=O) groups excluding carboxylic acids is 1. The van der Waals surface area contributed by atoms with Gasteiger partial charge in [0.1, 0.15) is 0 Å². The predicted molar refractivity (Wildman–Crippen MR) is 98.4 cm³/mol. The number of hydrogen-bond acceptors (Lipinski definition) is 2. The second-order valence-electron chi connectivity index (χ2n) is 4.70. The number of halogens is 3. The summed E-state index contributed by atoms with van der Waals surface area (Å²) in [4.78, 5) is 12.5. The first-order valence-electron chi connectivity index (χ1n) is 6.60. The normalized spacial score (nSPS) is 10.6. The number of amides is 1. The molecule has 116 valence electrons. The summed E-state index contributed by atoms with van der Waals surface area (Å²) in [5.41, 5.74) is 1.80. The highest BCUT2D eigenvalue weighted by molar-refractivity contribution is 9.10. The summed E-state index contributed by atoms with van der Waals surface area (Å²) in [6, 6.07) is 12.6. The molecule has 1 heterocycles. The second-order valence-corrected chi connectivity index (χ2v) is 6.94. The van der Waals surface area contributed by atoms with Crippen molar-refractivity contribution in [1.29, 1.82) is 0 Å². The fourth-order valence-corrected chi connectivity index (χ4v) is 2.92. The Balaban J connectivity index is 1.94. The Morgan fingerprint density at radius 1 is 1.13 bits per heavy atom. The fourth-order valence-electron chi connectivity index (χ4n) is 2.07. The Bertz CT molecular complexity index is 879. The molecule has 0 unspecified atom stereocenters. The van der Waals surface area contributed by atoms with Crippen molar-refractivity contribution in [3.8, 4) is 5.69 Å². The first-order chi connectivity index (χ1) is 11.0. The average Bonchev–Trinajstić information content (AvgIpc) is 2.96. The minimum absolute atomic E-state index is 0.282. The molecule has 3 aromatic rings. The molecule has 1 aromatic heterocycles. The lowest BCUT2D eigenvalue weighted by molar-refractivity contribution is 0.102. The Morgan fingerprint density at radius 2 is 1.91 bits per heavy atom. The number of para-hydroxylation sites is 2. The Labute approximate surface area is 154 Å². The highest BCUT2D eigenvalue weighted by Crippen LogP contribution is 2.25. The second kappa shape index (κ2) is 6.86. The van der Waals surface area contributed by atoms with Crippen LogP contribution in [0.5, 0.6) is 0 Å². The molecule has 0 aliphatic rings. The van der Waals surface area contributed by atoms with Gasteiger partial charge in [0.25, 0.3) is 5.91 Å². The van der Waals surface area contributed by atoms with Crippen molar-refractivity contribution < 1.29 is 4.79 Å². The largest absolute Gasteiger partial charge is 0.320 e. The van der Waals surface area contributed by atoms with Gasteiger partial charge in [0.05, 0.1) is 32.6 Å². The molecular weight excluding hydrogens is 445 g/mol. The summed E-state index contributed by atoms with van der Waals surface area (Å²) in [6.45, 7) is 0. The summed E-state index contributed by atoms with van der Waals surface area (Å²) in [5.74, 6) is -0.282. The zero-order chi connectivity index (χ0) is 16.4. The third kappa shape index (κ3) is 3.65. The highest BCUT2D eigenvalue weighted by atomic mass is 79.9. The maximum absolute atomic E-state index is 12.5. The van der Waals surface area contributed by atoms with Crippen molar-refractivity contribution in [2.75, 3.05) is 5.32 Å². The van der Waals surface area contributed by atoms with Gasteiger partial charge in [-0.1, -0.05) is 39.7 Å². The van der Waals surface area contributed by atoms with E-state index in [2.05, 4.69) is 42.3 Å².